The molecule has 1 aliphatic rings. The Morgan fingerprint density at radius 2 is 1.71 bits per heavy atom. The van der Waals surface area contributed by atoms with Crippen LogP contribution in [0.3, 0.4) is 0 Å². The van der Waals surface area contributed by atoms with E-state index in [1.165, 1.54) is 19.3 Å². The van der Waals surface area contributed by atoms with Crippen LogP contribution in [0.4, 0.5) is 0 Å². The van der Waals surface area contributed by atoms with Crippen LogP contribution in [0.2, 0.25) is 0 Å². The lowest BCUT2D eigenvalue weighted by molar-refractivity contribution is 0.367. The van der Waals surface area contributed by atoms with Gasteiger partial charge < -0.3 is 8.83 Å². The molecule has 6 nitrogen and oxygen atoms in total. The molecule has 0 amide bonds. The molecular formula is C18H20N4O2. The number of benzene rings is 1. The summed E-state index contributed by atoms with van der Waals surface area (Å²) in [6, 6.07) is 8.05. The van der Waals surface area contributed by atoms with Gasteiger partial charge in [0.1, 0.15) is 0 Å². The van der Waals surface area contributed by atoms with Crippen molar-refractivity contribution in [3.8, 4) is 11.5 Å². The quantitative estimate of drug-likeness (QED) is 0.720. The van der Waals surface area contributed by atoms with Gasteiger partial charge in [-0.2, -0.15) is 0 Å². The molecule has 124 valence electrons. The second-order valence-corrected chi connectivity index (χ2v) is 6.37. The summed E-state index contributed by atoms with van der Waals surface area (Å²) in [4.78, 5) is 0. The monoisotopic (exact) mass is 324 g/mol. The van der Waals surface area contributed by atoms with Gasteiger partial charge in [-0.15, -0.1) is 20.4 Å². The lowest BCUT2D eigenvalue weighted by Gasteiger charge is -2.17. The standard InChI is InChI=1S/C18H20N4O2/c1-12-19-20-16(23-12)11-13-7-9-15(10-8-13)18-22-21-17(24-18)14-5-3-2-4-6-14/h7-10,14H,2-6,11H2,1H3. The lowest BCUT2D eigenvalue weighted by Crippen LogP contribution is -2.04. The number of rotatable bonds is 4. The first-order chi connectivity index (χ1) is 11.8. The Kier molecular flexibility index (Phi) is 4.11. The summed E-state index contributed by atoms with van der Waals surface area (Å²) in [5.74, 6) is 3.02. The van der Waals surface area contributed by atoms with Crippen LogP contribution in [0.15, 0.2) is 33.1 Å². The number of hydrogen-bond acceptors (Lipinski definition) is 6. The van der Waals surface area contributed by atoms with Crippen molar-refractivity contribution in [2.45, 2.75) is 51.4 Å². The van der Waals surface area contributed by atoms with Crippen LogP contribution >= 0.6 is 0 Å². The smallest absolute Gasteiger partial charge is 0.247 e. The van der Waals surface area contributed by atoms with E-state index in [9.17, 15) is 0 Å². The van der Waals surface area contributed by atoms with Gasteiger partial charge >= 0.3 is 0 Å². The van der Waals surface area contributed by atoms with Crippen molar-refractivity contribution in [2.24, 2.45) is 0 Å². The summed E-state index contributed by atoms with van der Waals surface area (Å²) in [6.07, 6.45) is 6.77. The predicted octanol–water partition coefficient (Wildman–Crippen LogP) is 4.07. The zero-order valence-corrected chi connectivity index (χ0v) is 13.7. The van der Waals surface area contributed by atoms with Gasteiger partial charge in [-0.05, 0) is 30.5 Å². The van der Waals surface area contributed by atoms with Crippen LogP contribution in [0.1, 0.15) is 61.3 Å². The third-order valence-electron chi connectivity index (χ3n) is 4.52. The largest absolute Gasteiger partial charge is 0.425 e. The van der Waals surface area contributed by atoms with Crippen LogP contribution in [0.25, 0.3) is 11.5 Å². The highest BCUT2D eigenvalue weighted by atomic mass is 16.4. The molecule has 3 aromatic rings. The topological polar surface area (TPSA) is 77.8 Å². The third-order valence-corrected chi connectivity index (χ3v) is 4.52. The molecule has 0 atom stereocenters. The van der Waals surface area contributed by atoms with Crippen LogP contribution in [0.5, 0.6) is 0 Å². The fourth-order valence-corrected chi connectivity index (χ4v) is 3.21. The van der Waals surface area contributed by atoms with E-state index in [-0.39, 0.29) is 0 Å². The number of aryl methyl sites for hydroxylation is 1. The first-order valence-corrected chi connectivity index (χ1v) is 8.49. The zero-order valence-electron chi connectivity index (χ0n) is 13.7. The van der Waals surface area contributed by atoms with Gasteiger partial charge in [0.15, 0.2) is 0 Å². The minimum Gasteiger partial charge on any atom is -0.425 e. The molecule has 6 heteroatoms. The molecular weight excluding hydrogens is 304 g/mol. The Morgan fingerprint density at radius 1 is 0.917 bits per heavy atom. The van der Waals surface area contributed by atoms with Crippen LogP contribution in [0, 0.1) is 6.92 Å². The van der Waals surface area contributed by atoms with Crippen molar-refractivity contribution in [1.29, 1.82) is 0 Å². The highest BCUT2D eigenvalue weighted by molar-refractivity contribution is 5.53. The van der Waals surface area contributed by atoms with Gasteiger partial charge in [0.25, 0.3) is 0 Å². The van der Waals surface area contributed by atoms with E-state index in [4.69, 9.17) is 8.83 Å². The summed E-state index contributed by atoms with van der Waals surface area (Å²) in [7, 11) is 0. The normalized spacial score (nSPS) is 15.7. The molecule has 0 spiro atoms. The summed E-state index contributed by atoms with van der Waals surface area (Å²) in [5, 5.41) is 16.3. The average Bonchev–Trinajstić information content (AvgIpc) is 3.26. The van der Waals surface area contributed by atoms with Gasteiger partial charge in [0.05, 0.1) is 6.42 Å². The number of hydrogen-bond donors (Lipinski definition) is 0. The van der Waals surface area contributed by atoms with Crippen molar-refractivity contribution in [3.63, 3.8) is 0 Å². The van der Waals surface area contributed by atoms with Crippen LogP contribution < -0.4 is 0 Å². The first-order valence-electron chi connectivity index (χ1n) is 8.49. The van der Waals surface area contributed by atoms with Crippen molar-refractivity contribution in [1.82, 2.24) is 20.4 Å². The van der Waals surface area contributed by atoms with E-state index in [0.717, 1.165) is 29.9 Å². The van der Waals surface area contributed by atoms with E-state index >= 15 is 0 Å². The average molecular weight is 324 g/mol. The maximum absolute atomic E-state index is 5.91. The Hall–Kier alpha value is -2.50. The first kappa shape index (κ1) is 15.1. The molecule has 1 aromatic carbocycles. The molecule has 0 bridgehead atoms. The Morgan fingerprint density at radius 3 is 2.42 bits per heavy atom. The third kappa shape index (κ3) is 3.22. The van der Waals surface area contributed by atoms with Crippen LogP contribution in [-0.2, 0) is 6.42 Å². The molecule has 0 aliphatic heterocycles. The van der Waals surface area contributed by atoms with E-state index in [0.29, 0.717) is 30.0 Å². The van der Waals surface area contributed by atoms with Gasteiger partial charge in [-0.25, -0.2) is 0 Å². The summed E-state index contributed by atoms with van der Waals surface area (Å²) < 4.78 is 11.3. The minimum atomic E-state index is 0.431. The maximum Gasteiger partial charge on any atom is 0.247 e. The van der Waals surface area contributed by atoms with Crippen molar-refractivity contribution in [2.75, 3.05) is 0 Å². The van der Waals surface area contributed by atoms with Gasteiger partial charge in [0.2, 0.25) is 23.6 Å². The van der Waals surface area contributed by atoms with Crippen LogP contribution in [-0.4, -0.2) is 20.4 Å². The number of nitrogens with zero attached hydrogens (tertiary/aromatic N) is 4. The Labute approximate surface area is 140 Å². The molecule has 2 heterocycles. The molecule has 0 unspecified atom stereocenters. The fourth-order valence-electron chi connectivity index (χ4n) is 3.21. The molecule has 0 radical (unpaired) electrons. The van der Waals surface area contributed by atoms with E-state index in [1.807, 2.05) is 24.3 Å². The molecule has 1 aliphatic carbocycles. The molecule has 4 rings (SSSR count). The lowest BCUT2D eigenvalue weighted by atomic mass is 9.89. The van der Waals surface area contributed by atoms with Gasteiger partial charge in [-0.3, -0.25) is 0 Å². The second kappa shape index (κ2) is 6.55. The van der Waals surface area contributed by atoms with Crippen molar-refractivity contribution in [3.05, 3.63) is 47.5 Å². The Balaban J connectivity index is 1.47. The van der Waals surface area contributed by atoms with E-state index in [1.54, 1.807) is 6.92 Å². The van der Waals surface area contributed by atoms with Gasteiger partial charge in [-0.1, -0.05) is 31.4 Å². The molecule has 0 N–H and O–H groups in total. The molecule has 24 heavy (non-hydrogen) atoms. The molecule has 1 fully saturated rings. The SMILES string of the molecule is Cc1nnc(Cc2ccc(-c3nnc(C4CCCCC4)o3)cc2)o1. The second-order valence-electron chi connectivity index (χ2n) is 6.37. The predicted molar refractivity (Wildman–Crippen MR) is 87.4 cm³/mol. The van der Waals surface area contributed by atoms with E-state index < -0.39 is 0 Å². The zero-order chi connectivity index (χ0) is 16.4. The summed E-state index contributed by atoms with van der Waals surface area (Å²) in [6.45, 7) is 1.79. The molecule has 2 aromatic heterocycles. The Bertz CT molecular complexity index is 801. The maximum atomic E-state index is 5.91. The fraction of sp³-hybridized carbons (Fsp3) is 0.444. The minimum absolute atomic E-state index is 0.431. The molecule has 0 saturated heterocycles. The molecule has 1 saturated carbocycles. The highest BCUT2D eigenvalue weighted by Crippen LogP contribution is 2.33. The highest BCUT2D eigenvalue weighted by Gasteiger charge is 2.21. The van der Waals surface area contributed by atoms with Gasteiger partial charge in [0, 0.05) is 18.4 Å². The summed E-state index contributed by atoms with van der Waals surface area (Å²) in [5.41, 5.74) is 2.05. The van der Waals surface area contributed by atoms with Crippen molar-refractivity contribution < 1.29 is 8.83 Å². The van der Waals surface area contributed by atoms with E-state index in [2.05, 4.69) is 20.4 Å². The number of aromatic nitrogens is 4. The summed E-state index contributed by atoms with van der Waals surface area (Å²) >= 11 is 0. The van der Waals surface area contributed by atoms with Crippen molar-refractivity contribution >= 4 is 0 Å².